The average Bonchev–Trinajstić information content (AvgIpc) is 2.80. The third-order valence-corrected chi connectivity index (χ3v) is 5.83. The largest absolute Gasteiger partial charge is 0.294 e. The standard InChI is InChI=1S/C17H20O/c1-9-3-4-13(7-10(9)2)17(18)16-14-11-5-6-12(8-11)15(14)16/h3-4,7,11-12,14-16H,5-6,8H2,1-2H3. The van der Waals surface area contributed by atoms with Gasteiger partial charge in [-0.3, -0.25) is 4.79 Å². The summed E-state index contributed by atoms with van der Waals surface area (Å²) < 4.78 is 0. The summed E-state index contributed by atoms with van der Waals surface area (Å²) in [7, 11) is 0. The lowest BCUT2D eigenvalue weighted by Gasteiger charge is -2.09. The van der Waals surface area contributed by atoms with E-state index < -0.39 is 0 Å². The maximum Gasteiger partial charge on any atom is 0.166 e. The smallest absolute Gasteiger partial charge is 0.166 e. The molecule has 0 saturated heterocycles. The van der Waals surface area contributed by atoms with Crippen molar-refractivity contribution >= 4 is 5.78 Å². The van der Waals surface area contributed by atoms with Gasteiger partial charge >= 0.3 is 0 Å². The minimum atomic E-state index is 0.387. The monoisotopic (exact) mass is 240 g/mol. The highest BCUT2D eigenvalue weighted by Crippen LogP contribution is 2.69. The van der Waals surface area contributed by atoms with Crippen LogP contribution in [0.1, 0.15) is 40.7 Å². The van der Waals surface area contributed by atoms with E-state index in [-0.39, 0.29) is 0 Å². The molecule has 3 fully saturated rings. The normalized spacial score (nSPS) is 39.8. The van der Waals surface area contributed by atoms with Gasteiger partial charge in [0.25, 0.3) is 0 Å². The van der Waals surface area contributed by atoms with E-state index in [1.165, 1.54) is 30.4 Å². The van der Waals surface area contributed by atoms with Crippen LogP contribution < -0.4 is 0 Å². The van der Waals surface area contributed by atoms with Crippen LogP contribution in [-0.2, 0) is 0 Å². The molecule has 1 aromatic rings. The Kier molecular flexibility index (Phi) is 2.07. The zero-order valence-electron chi connectivity index (χ0n) is 11.1. The van der Waals surface area contributed by atoms with Gasteiger partial charge in [0.05, 0.1) is 0 Å². The van der Waals surface area contributed by atoms with Crippen LogP contribution in [-0.4, -0.2) is 5.78 Å². The molecular formula is C17H20O. The Morgan fingerprint density at radius 1 is 1.06 bits per heavy atom. The summed E-state index contributed by atoms with van der Waals surface area (Å²) in [5, 5.41) is 0. The molecule has 0 radical (unpaired) electrons. The second-order valence-electron chi connectivity index (χ2n) is 6.68. The number of carbonyl (C=O) groups excluding carboxylic acids is 1. The lowest BCUT2D eigenvalue weighted by atomic mass is 9.95. The molecule has 0 N–H and O–H groups in total. The summed E-state index contributed by atoms with van der Waals surface area (Å²) in [6, 6.07) is 6.21. The van der Waals surface area contributed by atoms with Crippen molar-refractivity contribution in [3.63, 3.8) is 0 Å². The summed E-state index contributed by atoms with van der Waals surface area (Å²) in [5.41, 5.74) is 3.48. The molecule has 18 heavy (non-hydrogen) atoms. The Balaban J connectivity index is 1.60. The van der Waals surface area contributed by atoms with E-state index >= 15 is 0 Å². The van der Waals surface area contributed by atoms with E-state index in [1.54, 1.807) is 0 Å². The van der Waals surface area contributed by atoms with E-state index in [2.05, 4.69) is 26.0 Å². The number of hydrogen-bond donors (Lipinski definition) is 0. The Labute approximate surface area is 109 Å². The fourth-order valence-electron chi connectivity index (χ4n) is 4.76. The quantitative estimate of drug-likeness (QED) is 0.719. The van der Waals surface area contributed by atoms with Crippen molar-refractivity contribution in [2.75, 3.05) is 0 Å². The summed E-state index contributed by atoms with van der Waals surface area (Å²) >= 11 is 0. The van der Waals surface area contributed by atoms with Crippen molar-refractivity contribution in [3.8, 4) is 0 Å². The van der Waals surface area contributed by atoms with Gasteiger partial charge in [0, 0.05) is 11.5 Å². The van der Waals surface area contributed by atoms with Crippen LogP contribution in [0.2, 0.25) is 0 Å². The number of rotatable bonds is 2. The second kappa shape index (κ2) is 3.46. The van der Waals surface area contributed by atoms with Crippen molar-refractivity contribution < 1.29 is 4.79 Å². The molecule has 3 saturated carbocycles. The van der Waals surface area contributed by atoms with Crippen molar-refractivity contribution in [2.24, 2.45) is 29.6 Å². The first-order valence-electron chi connectivity index (χ1n) is 7.28. The summed E-state index contributed by atoms with van der Waals surface area (Å²) in [5.74, 6) is 4.12. The summed E-state index contributed by atoms with van der Waals surface area (Å²) in [6.45, 7) is 4.21. The van der Waals surface area contributed by atoms with Crippen LogP contribution in [0.15, 0.2) is 18.2 Å². The van der Waals surface area contributed by atoms with Gasteiger partial charge < -0.3 is 0 Å². The molecular weight excluding hydrogens is 220 g/mol. The molecule has 0 aliphatic heterocycles. The van der Waals surface area contributed by atoms with E-state index in [1.807, 2.05) is 6.07 Å². The highest BCUT2D eigenvalue weighted by Gasteiger charge is 2.67. The van der Waals surface area contributed by atoms with Gasteiger partial charge in [0.1, 0.15) is 0 Å². The van der Waals surface area contributed by atoms with E-state index in [9.17, 15) is 4.79 Å². The first kappa shape index (κ1) is 10.8. The molecule has 0 amide bonds. The van der Waals surface area contributed by atoms with Gasteiger partial charge in [-0.1, -0.05) is 12.1 Å². The predicted octanol–water partition coefficient (Wildman–Crippen LogP) is 3.78. The summed E-state index contributed by atoms with van der Waals surface area (Å²) in [4.78, 5) is 12.6. The zero-order chi connectivity index (χ0) is 12.4. The van der Waals surface area contributed by atoms with Crippen LogP contribution in [0.5, 0.6) is 0 Å². The number of aryl methyl sites for hydroxylation is 2. The number of hydrogen-bond acceptors (Lipinski definition) is 1. The number of benzene rings is 1. The third-order valence-electron chi connectivity index (χ3n) is 5.83. The lowest BCUT2D eigenvalue weighted by molar-refractivity contribution is 0.0944. The van der Waals surface area contributed by atoms with Gasteiger partial charge in [0.2, 0.25) is 0 Å². The molecule has 1 aromatic carbocycles. The molecule has 4 unspecified atom stereocenters. The van der Waals surface area contributed by atoms with Crippen molar-refractivity contribution in [1.82, 2.24) is 0 Å². The Morgan fingerprint density at radius 2 is 1.72 bits per heavy atom. The minimum absolute atomic E-state index is 0.387. The number of ketones is 1. The van der Waals surface area contributed by atoms with Crippen LogP contribution >= 0.6 is 0 Å². The molecule has 3 aliphatic carbocycles. The predicted molar refractivity (Wildman–Crippen MR) is 71.5 cm³/mol. The maximum absolute atomic E-state index is 12.6. The zero-order valence-corrected chi connectivity index (χ0v) is 11.1. The molecule has 1 heteroatoms. The molecule has 4 atom stereocenters. The Hall–Kier alpha value is -1.11. The maximum atomic E-state index is 12.6. The Morgan fingerprint density at radius 3 is 2.33 bits per heavy atom. The molecule has 2 bridgehead atoms. The van der Waals surface area contributed by atoms with E-state index in [4.69, 9.17) is 0 Å². The van der Waals surface area contributed by atoms with Crippen molar-refractivity contribution in [2.45, 2.75) is 33.1 Å². The molecule has 3 aliphatic rings. The number of carbonyl (C=O) groups is 1. The first-order valence-corrected chi connectivity index (χ1v) is 7.28. The molecule has 0 aromatic heterocycles. The van der Waals surface area contributed by atoms with Gasteiger partial charge in [-0.2, -0.15) is 0 Å². The van der Waals surface area contributed by atoms with Crippen LogP contribution in [0.25, 0.3) is 0 Å². The molecule has 4 rings (SSSR count). The highest BCUT2D eigenvalue weighted by atomic mass is 16.1. The highest BCUT2D eigenvalue weighted by molar-refractivity contribution is 6.00. The Bertz CT molecular complexity index is 514. The van der Waals surface area contributed by atoms with E-state index in [0.717, 1.165) is 29.2 Å². The van der Waals surface area contributed by atoms with Crippen molar-refractivity contribution in [3.05, 3.63) is 34.9 Å². The number of fused-ring (bicyclic) bond motifs is 5. The first-order chi connectivity index (χ1) is 8.66. The van der Waals surface area contributed by atoms with Crippen LogP contribution in [0.4, 0.5) is 0 Å². The van der Waals surface area contributed by atoms with Gasteiger partial charge in [-0.25, -0.2) is 0 Å². The average molecular weight is 240 g/mol. The SMILES string of the molecule is Cc1ccc(C(=O)C2C3C4CCC(C4)C23)cc1C. The second-order valence-corrected chi connectivity index (χ2v) is 6.68. The van der Waals surface area contributed by atoms with Crippen LogP contribution in [0.3, 0.4) is 0 Å². The van der Waals surface area contributed by atoms with Crippen LogP contribution in [0, 0.1) is 43.4 Å². The number of Topliss-reactive ketones (excluding diaryl/α,β-unsaturated/α-hetero) is 1. The molecule has 0 heterocycles. The van der Waals surface area contributed by atoms with E-state index in [0.29, 0.717) is 11.7 Å². The lowest BCUT2D eigenvalue weighted by Crippen LogP contribution is -2.10. The molecule has 1 nitrogen and oxygen atoms in total. The van der Waals surface area contributed by atoms with Crippen molar-refractivity contribution in [1.29, 1.82) is 0 Å². The topological polar surface area (TPSA) is 17.1 Å². The van der Waals surface area contributed by atoms with Gasteiger partial charge in [-0.05, 0) is 74.0 Å². The minimum Gasteiger partial charge on any atom is -0.294 e. The van der Waals surface area contributed by atoms with Gasteiger partial charge in [0.15, 0.2) is 5.78 Å². The van der Waals surface area contributed by atoms with Gasteiger partial charge in [-0.15, -0.1) is 0 Å². The molecule has 94 valence electrons. The third kappa shape index (κ3) is 1.31. The summed E-state index contributed by atoms with van der Waals surface area (Å²) in [6.07, 6.45) is 4.21. The fraction of sp³-hybridized carbons (Fsp3) is 0.588. The molecule has 0 spiro atoms. The fourth-order valence-corrected chi connectivity index (χ4v) is 4.76.